The monoisotopic (exact) mass is 243 g/mol. The van der Waals surface area contributed by atoms with Crippen molar-refractivity contribution in [2.24, 2.45) is 0 Å². The van der Waals surface area contributed by atoms with Crippen LogP contribution in [-0.4, -0.2) is 32.2 Å². The van der Waals surface area contributed by atoms with E-state index >= 15 is 0 Å². The predicted octanol–water partition coefficient (Wildman–Crippen LogP) is 1.17. The van der Waals surface area contributed by atoms with Crippen molar-refractivity contribution in [1.82, 2.24) is 4.98 Å². The summed E-state index contributed by atoms with van der Waals surface area (Å²) in [6, 6.07) is 3.10. The molecule has 0 fully saturated rings. The molecule has 7 heteroatoms. The Morgan fingerprint density at radius 3 is 2.94 bits per heavy atom. The molecule has 1 heterocycles. The van der Waals surface area contributed by atoms with Gasteiger partial charge in [0.25, 0.3) is 0 Å². The third-order valence-electron chi connectivity index (χ3n) is 1.85. The van der Waals surface area contributed by atoms with Crippen molar-refractivity contribution < 1.29 is 9.13 Å². The molecule has 0 saturated carbocycles. The number of hydrogen-bond acceptors (Lipinski definition) is 5. The molecule has 6 nitrogen and oxygen atoms in total. The molecule has 1 aromatic heterocycles. The summed E-state index contributed by atoms with van der Waals surface area (Å²) in [5, 5.41) is 13.6. The van der Waals surface area contributed by atoms with Gasteiger partial charge < -0.3 is 15.4 Å². The first-order valence-corrected chi connectivity index (χ1v) is 6.39. The summed E-state index contributed by atoms with van der Waals surface area (Å²) < 4.78 is 11.0. The fourth-order valence-electron chi connectivity index (χ4n) is 1.31. The molecule has 0 aromatic carbocycles. The van der Waals surface area contributed by atoms with Crippen molar-refractivity contribution in [3.63, 3.8) is 0 Å². The lowest BCUT2D eigenvalue weighted by Gasteiger charge is -2.13. The molecule has 0 saturated heterocycles. The molecular formula is C9H13N3O3S. The Morgan fingerprint density at radius 2 is 2.38 bits per heavy atom. The zero-order valence-corrected chi connectivity index (χ0v) is 9.86. The summed E-state index contributed by atoms with van der Waals surface area (Å²) in [6.07, 6.45) is 2.96. The minimum Gasteiger partial charge on any atom is -0.375 e. The lowest BCUT2D eigenvalue weighted by molar-refractivity contribution is -0.388. The second-order valence-electron chi connectivity index (χ2n) is 3.42. The number of rotatable bonds is 5. The number of anilines is 1. The van der Waals surface area contributed by atoms with Crippen molar-refractivity contribution in [2.75, 3.05) is 17.3 Å². The fraction of sp³-hybridized carbons (Fsp3) is 0.444. The summed E-state index contributed by atoms with van der Waals surface area (Å²) in [5.41, 5.74) is 0.352. The summed E-state index contributed by atoms with van der Waals surface area (Å²) >= 11 is 0. The normalized spacial score (nSPS) is 14.1. The highest BCUT2D eigenvalue weighted by molar-refractivity contribution is 7.84. The van der Waals surface area contributed by atoms with E-state index in [-0.39, 0.29) is 11.9 Å². The van der Waals surface area contributed by atoms with Gasteiger partial charge in [0, 0.05) is 28.9 Å². The van der Waals surface area contributed by atoms with E-state index in [0.29, 0.717) is 11.4 Å². The molecule has 88 valence electrons. The van der Waals surface area contributed by atoms with Crippen molar-refractivity contribution in [1.29, 1.82) is 0 Å². The van der Waals surface area contributed by atoms with Gasteiger partial charge in [-0.15, -0.1) is 0 Å². The minimum atomic E-state index is -0.939. The molecule has 0 bridgehead atoms. The highest BCUT2D eigenvalue weighted by Gasteiger charge is 2.15. The van der Waals surface area contributed by atoms with Gasteiger partial charge in [0.2, 0.25) is 0 Å². The number of nitrogens with one attached hydrogen (secondary N) is 1. The van der Waals surface area contributed by atoms with Gasteiger partial charge in [-0.2, -0.15) is 0 Å². The molecule has 1 aromatic rings. The number of hydrogen-bond donors (Lipinski definition) is 1. The van der Waals surface area contributed by atoms with Gasteiger partial charge in [-0.25, -0.2) is 0 Å². The molecule has 1 rings (SSSR count). The predicted molar refractivity (Wildman–Crippen MR) is 62.9 cm³/mol. The van der Waals surface area contributed by atoms with Crippen LogP contribution in [-0.2, 0) is 10.8 Å². The average Bonchev–Trinajstić information content (AvgIpc) is 2.16. The van der Waals surface area contributed by atoms with Gasteiger partial charge in [0.15, 0.2) is 0 Å². The van der Waals surface area contributed by atoms with Crippen LogP contribution in [0, 0.1) is 10.1 Å². The molecule has 0 aliphatic rings. The molecule has 0 amide bonds. The van der Waals surface area contributed by atoms with E-state index in [1.165, 1.54) is 6.20 Å². The van der Waals surface area contributed by atoms with E-state index in [1.54, 1.807) is 18.4 Å². The van der Waals surface area contributed by atoms with Crippen LogP contribution in [0.3, 0.4) is 0 Å². The first-order chi connectivity index (χ1) is 7.50. The molecule has 16 heavy (non-hydrogen) atoms. The van der Waals surface area contributed by atoms with E-state index in [4.69, 9.17) is 0 Å². The Bertz CT molecular complexity index is 411. The maximum Gasteiger partial charge on any atom is 0.386 e. The van der Waals surface area contributed by atoms with Crippen LogP contribution < -0.4 is 5.32 Å². The van der Waals surface area contributed by atoms with E-state index in [2.05, 4.69) is 10.3 Å². The quantitative estimate of drug-likeness (QED) is 0.619. The van der Waals surface area contributed by atoms with E-state index in [9.17, 15) is 14.3 Å². The molecule has 0 radical (unpaired) electrons. The Morgan fingerprint density at radius 1 is 1.69 bits per heavy atom. The fourth-order valence-corrected chi connectivity index (χ4v) is 2.10. The molecule has 2 unspecified atom stereocenters. The summed E-state index contributed by atoms with van der Waals surface area (Å²) in [4.78, 5) is 13.8. The third kappa shape index (κ3) is 3.58. The van der Waals surface area contributed by atoms with Gasteiger partial charge in [0.05, 0.1) is 0 Å². The Labute approximate surface area is 95.7 Å². The SMILES string of the molecule is CC(CS(C)=O)Nc1cccnc1[N+](=O)[O-]. The summed E-state index contributed by atoms with van der Waals surface area (Å²) in [6.45, 7) is 1.82. The highest BCUT2D eigenvalue weighted by atomic mass is 32.2. The number of pyridine rings is 1. The standard InChI is InChI=1S/C9H13N3O3S/c1-7(6-16(2)15)11-8-4-3-5-10-9(8)12(13)14/h3-5,7,11H,6H2,1-2H3. The van der Waals surface area contributed by atoms with Gasteiger partial charge in [-0.3, -0.25) is 4.21 Å². The van der Waals surface area contributed by atoms with Crippen LogP contribution in [0.1, 0.15) is 6.92 Å². The molecule has 0 aliphatic carbocycles. The van der Waals surface area contributed by atoms with Crippen LogP contribution in [0.15, 0.2) is 18.3 Å². The lowest BCUT2D eigenvalue weighted by Crippen LogP contribution is -2.22. The van der Waals surface area contributed by atoms with Crippen LogP contribution >= 0.6 is 0 Å². The van der Waals surface area contributed by atoms with Crippen molar-refractivity contribution >= 4 is 22.3 Å². The zero-order chi connectivity index (χ0) is 12.1. The second-order valence-corrected chi connectivity index (χ2v) is 4.90. The largest absolute Gasteiger partial charge is 0.386 e. The number of nitrogens with zero attached hydrogens (tertiary/aromatic N) is 2. The van der Waals surface area contributed by atoms with Gasteiger partial charge in [-0.05, 0) is 29.0 Å². The Balaban J connectivity index is 2.80. The molecule has 0 spiro atoms. The first kappa shape index (κ1) is 12.6. The van der Waals surface area contributed by atoms with Gasteiger partial charge in [0.1, 0.15) is 11.9 Å². The van der Waals surface area contributed by atoms with Crippen molar-refractivity contribution in [3.05, 3.63) is 28.4 Å². The molecule has 0 aliphatic heterocycles. The lowest BCUT2D eigenvalue weighted by atomic mass is 10.3. The smallest absolute Gasteiger partial charge is 0.375 e. The number of nitro groups is 1. The summed E-state index contributed by atoms with van der Waals surface area (Å²) in [5.74, 6) is 0.225. The molecule has 1 N–H and O–H groups in total. The molecular weight excluding hydrogens is 230 g/mol. The Kier molecular flexibility index (Phi) is 4.36. The zero-order valence-electron chi connectivity index (χ0n) is 9.04. The van der Waals surface area contributed by atoms with Gasteiger partial charge in [-0.1, -0.05) is 0 Å². The minimum absolute atomic E-state index is 0.103. The van der Waals surface area contributed by atoms with E-state index < -0.39 is 15.7 Å². The van der Waals surface area contributed by atoms with Crippen LogP contribution in [0.25, 0.3) is 0 Å². The maximum absolute atomic E-state index is 11.0. The highest BCUT2D eigenvalue weighted by Crippen LogP contribution is 2.20. The second kappa shape index (κ2) is 5.55. The van der Waals surface area contributed by atoms with Gasteiger partial charge >= 0.3 is 5.82 Å². The van der Waals surface area contributed by atoms with Crippen LogP contribution in [0.2, 0.25) is 0 Å². The molecule has 2 atom stereocenters. The van der Waals surface area contributed by atoms with E-state index in [0.717, 1.165) is 0 Å². The topological polar surface area (TPSA) is 85.1 Å². The van der Waals surface area contributed by atoms with Crippen molar-refractivity contribution in [2.45, 2.75) is 13.0 Å². The van der Waals surface area contributed by atoms with Crippen molar-refractivity contribution in [3.8, 4) is 0 Å². The van der Waals surface area contributed by atoms with E-state index in [1.807, 2.05) is 6.92 Å². The van der Waals surface area contributed by atoms with Crippen LogP contribution in [0.4, 0.5) is 11.5 Å². The first-order valence-electron chi connectivity index (χ1n) is 4.66. The number of aromatic nitrogens is 1. The van der Waals surface area contributed by atoms with Crippen LogP contribution in [0.5, 0.6) is 0 Å². The average molecular weight is 243 g/mol. The summed E-state index contributed by atoms with van der Waals surface area (Å²) in [7, 11) is -0.939. The third-order valence-corrected chi connectivity index (χ3v) is 2.82. The maximum atomic E-state index is 11.0. The Hall–Kier alpha value is -1.50.